The molecule has 2 aromatic heterocycles. The van der Waals surface area contributed by atoms with Crippen LogP contribution in [0.25, 0.3) is 21.3 Å². The SMILES string of the molecule is Cl.Ic1ccc(Nc2ncnc3scc(-c4ccccc4)c23)cc1. The number of thiophene rings is 1. The first-order valence-corrected chi connectivity index (χ1v) is 9.07. The lowest BCUT2D eigenvalue weighted by molar-refractivity contribution is 1.23. The van der Waals surface area contributed by atoms with Gasteiger partial charge in [-0.3, -0.25) is 0 Å². The van der Waals surface area contributed by atoms with E-state index in [1.807, 2.05) is 6.07 Å². The van der Waals surface area contributed by atoms with Gasteiger partial charge in [0.15, 0.2) is 0 Å². The Morgan fingerprint density at radius 3 is 2.42 bits per heavy atom. The molecule has 4 rings (SSSR count). The van der Waals surface area contributed by atoms with Crippen LogP contribution in [-0.2, 0) is 0 Å². The van der Waals surface area contributed by atoms with Crippen LogP contribution in [0.4, 0.5) is 11.5 Å². The van der Waals surface area contributed by atoms with Crippen LogP contribution in [-0.4, -0.2) is 9.97 Å². The maximum atomic E-state index is 4.47. The van der Waals surface area contributed by atoms with Crippen molar-refractivity contribution < 1.29 is 0 Å². The summed E-state index contributed by atoms with van der Waals surface area (Å²) < 4.78 is 1.21. The van der Waals surface area contributed by atoms with E-state index in [1.165, 1.54) is 14.7 Å². The van der Waals surface area contributed by atoms with Crippen molar-refractivity contribution in [2.45, 2.75) is 0 Å². The summed E-state index contributed by atoms with van der Waals surface area (Å²) in [6.45, 7) is 0. The standard InChI is InChI=1S/C18H12IN3S.ClH/c19-13-6-8-14(9-7-13)22-17-16-15(12-4-2-1-3-5-12)10-23-18(16)21-11-20-17;/h1-11H,(H,20,21,22);1H. The molecule has 120 valence electrons. The smallest absolute Gasteiger partial charge is 0.143 e. The molecule has 0 radical (unpaired) electrons. The predicted octanol–water partition coefficient (Wildman–Crippen LogP) is 6.13. The molecular formula is C18H13ClIN3S. The third-order valence-corrected chi connectivity index (χ3v) is 5.17. The van der Waals surface area contributed by atoms with Crippen LogP contribution in [0.1, 0.15) is 0 Å². The van der Waals surface area contributed by atoms with E-state index in [9.17, 15) is 0 Å². The van der Waals surface area contributed by atoms with Gasteiger partial charge in [0.25, 0.3) is 0 Å². The van der Waals surface area contributed by atoms with E-state index in [0.717, 1.165) is 21.7 Å². The monoisotopic (exact) mass is 465 g/mol. The van der Waals surface area contributed by atoms with Gasteiger partial charge in [0.2, 0.25) is 0 Å². The van der Waals surface area contributed by atoms with Crippen molar-refractivity contribution >= 4 is 68.1 Å². The topological polar surface area (TPSA) is 37.8 Å². The minimum atomic E-state index is 0. The molecule has 0 saturated heterocycles. The van der Waals surface area contributed by atoms with Crippen molar-refractivity contribution in [3.63, 3.8) is 0 Å². The summed E-state index contributed by atoms with van der Waals surface area (Å²) in [6.07, 6.45) is 1.61. The molecule has 4 aromatic rings. The van der Waals surface area contributed by atoms with Crippen LogP contribution in [0.3, 0.4) is 0 Å². The van der Waals surface area contributed by atoms with Gasteiger partial charge in [0.05, 0.1) is 5.39 Å². The number of benzene rings is 2. The van der Waals surface area contributed by atoms with Gasteiger partial charge in [-0.2, -0.15) is 0 Å². The van der Waals surface area contributed by atoms with Gasteiger partial charge < -0.3 is 5.32 Å². The highest BCUT2D eigenvalue weighted by atomic mass is 127. The second-order valence-electron chi connectivity index (χ2n) is 5.05. The van der Waals surface area contributed by atoms with E-state index in [0.29, 0.717) is 0 Å². The minimum absolute atomic E-state index is 0. The van der Waals surface area contributed by atoms with E-state index in [1.54, 1.807) is 17.7 Å². The molecule has 0 amide bonds. The number of nitrogens with zero attached hydrogens (tertiary/aromatic N) is 2. The summed E-state index contributed by atoms with van der Waals surface area (Å²) in [5, 5.41) is 6.64. The van der Waals surface area contributed by atoms with Gasteiger partial charge in [-0.25, -0.2) is 9.97 Å². The molecule has 1 N–H and O–H groups in total. The van der Waals surface area contributed by atoms with Crippen molar-refractivity contribution in [3.8, 4) is 11.1 Å². The van der Waals surface area contributed by atoms with Gasteiger partial charge in [-0.05, 0) is 52.4 Å². The second-order valence-corrected chi connectivity index (χ2v) is 7.15. The van der Waals surface area contributed by atoms with Crippen LogP contribution >= 0.6 is 46.3 Å². The van der Waals surface area contributed by atoms with Crippen LogP contribution in [0.2, 0.25) is 0 Å². The largest absolute Gasteiger partial charge is 0.340 e. The Bertz CT molecular complexity index is 955. The Labute approximate surface area is 163 Å². The number of nitrogens with one attached hydrogen (secondary N) is 1. The molecule has 0 unspecified atom stereocenters. The molecule has 0 fully saturated rings. The molecular weight excluding hydrogens is 453 g/mol. The maximum absolute atomic E-state index is 4.47. The molecule has 0 aliphatic rings. The normalized spacial score (nSPS) is 10.4. The van der Waals surface area contributed by atoms with Crippen LogP contribution in [0.5, 0.6) is 0 Å². The molecule has 6 heteroatoms. The average Bonchev–Trinajstić information content (AvgIpc) is 3.03. The first-order valence-electron chi connectivity index (χ1n) is 7.11. The van der Waals surface area contributed by atoms with Crippen LogP contribution in [0, 0.1) is 3.57 Å². The maximum Gasteiger partial charge on any atom is 0.143 e. The minimum Gasteiger partial charge on any atom is -0.340 e. The molecule has 0 aliphatic heterocycles. The number of halogens is 2. The summed E-state index contributed by atoms with van der Waals surface area (Å²) in [4.78, 5) is 9.87. The summed E-state index contributed by atoms with van der Waals surface area (Å²) in [5.74, 6) is 0.844. The van der Waals surface area contributed by atoms with E-state index in [2.05, 4.69) is 91.8 Å². The van der Waals surface area contributed by atoms with Crippen LogP contribution < -0.4 is 5.32 Å². The first-order chi connectivity index (χ1) is 11.3. The number of aromatic nitrogens is 2. The third kappa shape index (κ3) is 3.38. The molecule has 0 aliphatic carbocycles. The van der Waals surface area contributed by atoms with Crippen molar-refractivity contribution in [1.82, 2.24) is 9.97 Å². The van der Waals surface area contributed by atoms with Gasteiger partial charge in [0.1, 0.15) is 17.0 Å². The van der Waals surface area contributed by atoms with Gasteiger partial charge >= 0.3 is 0 Å². The Morgan fingerprint density at radius 1 is 0.917 bits per heavy atom. The molecule has 2 aromatic carbocycles. The average molecular weight is 466 g/mol. The highest BCUT2D eigenvalue weighted by Gasteiger charge is 2.13. The summed E-state index contributed by atoms with van der Waals surface area (Å²) in [7, 11) is 0. The molecule has 24 heavy (non-hydrogen) atoms. The van der Waals surface area contributed by atoms with E-state index >= 15 is 0 Å². The lowest BCUT2D eigenvalue weighted by atomic mass is 10.1. The number of fused-ring (bicyclic) bond motifs is 1. The lowest BCUT2D eigenvalue weighted by Gasteiger charge is -2.08. The Morgan fingerprint density at radius 2 is 1.67 bits per heavy atom. The van der Waals surface area contributed by atoms with Gasteiger partial charge in [-0.1, -0.05) is 30.3 Å². The highest BCUT2D eigenvalue weighted by Crippen LogP contribution is 2.37. The Balaban J connectivity index is 0.00000169. The zero-order chi connectivity index (χ0) is 15.6. The Hall–Kier alpha value is -1.70. The van der Waals surface area contributed by atoms with E-state index < -0.39 is 0 Å². The van der Waals surface area contributed by atoms with Crippen LogP contribution in [0.15, 0.2) is 66.3 Å². The fourth-order valence-electron chi connectivity index (χ4n) is 2.47. The quantitative estimate of drug-likeness (QED) is 0.370. The fraction of sp³-hybridized carbons (Fsp3) is 0. The zero-order valence-electron chi connectivity index (χ0n) is 12.4. The summed E-state index contributed by atoms with van der Waals surface area (Å²) in [5.41, 5.74) is 3.37. The first kappa shape index (κ1) is 17.1. The lowest BCUT2D eigenvalue weighted by Crippen LogP contribution is -1.95. The molecule has 0 saturated carbocycles. The van der Waals surface area contributed by atoms with Crippen molar-refractivity contribution in [3.05, 3.63) is 69.9 Å². The molecule has 0 atom stereocenters. The van der Waals surface area contributed by atoms with Crippen molar-refractivity contribution in [1.29, 1.82) is 0 Å². The number of hydrogen-bond acceptors (Lipinski definition) is 4. The predicted molar refractivity (Wildman–Crippen MR) is 113 cm³/mol. The van der Waals surface area contributed by atoms with Crippen molar-refractivity contribution in [2.75, 3.05) is 5.32 Å². The van der Waals surface area contributed by atoms with Gasteiger partial charge in [0, 0.05) is 20.2 Å². The van der Waals surface area contributed by atoms with E-state index in [-0.39, 0.29) is 12.4 Å². The molecule has 2 heterocycles. The second kappa shape index (κ2) is 7.46. The number of rotatable bonds is 3. The molecule has 3 nitrogen and oxygen atoms in total. The Kier molecular flexibility index (Phi) is 5.33. The third-order valence-electron chi connectivity index (χ3n) is 3.56. The van der Waals surface area contributed by atoms with Crippen molar-refractivity contribution in [2.24, 2.45) is 0 Å². The zero-order valence-corrected chi connectivity index (χ0v) is 16.2. The fourth-order valence-corrected chi connectivity index (χ4v) is 3.75. The van der Waals surface area contributed by atoms with E-state index in [4.69, 9.17) is 0 Å². The summed E-state index contributed by atoms with van der Waals surface area (Å²) in [6, 6.07) is 18.6. The highest BCUT2D eigenvalue weighted by molar-refractivity contribution is 14.1. The number of hydrogen-bond donors (Lipinski definition) is 1. The van der Waals surface area contributed by atoms with Gasteiger partial charge in [-0.15, -0.1) is 23.7 Å². The number of anilines is 2. The molecule has 0 spiro atoms. The summed E-state index contributed by atoms with van der Waals surface area (Å²) >= 11 is 3.95. The molecule has 0 bridgehead atoms.